The number of rotatable bonds is 8. The van der Waals surface area contributed by atoms with Gasteiger partial charge < -0.3 is 14.4 Å². The number of hydrogen-bond donors (Lipinski definition) is 1. The van der Waals surface area contributed by atoms with Gasteiger partial charge in [0.15, 0.2) is 5.75 Å². The van der Waals surface area contributed by atoms with Gasteiger partial charge in [-0.1, -0.05) is 31.0 Å². The molecule has 4 rings (SSSR count). The summed E-state index contributed by atoms with van der Waals surface area (Å²) in [6.45, 7) is 8.86. The number of aromatic nitrogens is 1. The summed E-state index contributed by atoms with van der Waals surface area (Å²) in [6.07, 6.45) is 5.03. The fourth-order valence-electron chi connectivity index (χ4n) is 4.84. The molecule has 2 saturated heterocycles. The van der Waals surface area contributed by atoms with Crippen LogP contribution in [0.5, 0.6) is 11.5 Å². The minimum absolute atomic E-state index is 0.101. The van der Waals surface area contributed by atoms with Crippen molar-refractivity contribution < 1.29 is 9.84 Å². The highest BCUT2D eigenvalue weighted by atomic mass is 16.5. The lowest BCUT2D eigenvalue weighted by atomic mass is 10.2. The maximum Gasteiger partial charge on any atom is 0.223 e. The lowest BCUT2D eigenvalue weighted by molar-refractivity contribution is 0.110. The van der Waals surface area contributed by atoms with Crippen molar-refractivity contribution in [2.75, 3.05) is 52.4 Å². The highest BCUT2D eigenvalue weighted by Gasteiger charge is 2.21. The Labute approximate surface area is 197 Å². The van der Waals surface area contributed by atoms with E-state index in [0.29, 0.717) is 13.2 Å². The molecule has 0 aliphatic carbocycles. The topological polar surface area (TPSA) is 61.2 Å². The molecule has 2 fully saturated rings. The number of pyridine rings is 1. The number of likely N-dealkylation sites (tertiary alicyclic amines) is 1. The second kappa shape index (κ2) is 11.7. The van der Waals surface area contributed by atoms with Crippen molar-refractivity contribution in [2.45, 2.75) is 38.8 Å². The summed E-state index contributed by atoms with van der Waals surface area (Å²) in [5.74, 6) is 0.809. The van der Waals surface area contributed by atoms with E-state index in [1.165, 1.54) is 25.7 Å². The summed E-state index contributed by atoms with van der Waals surface area (Å²) in [5.41, 5.74) is 1.46. The van der Waals surface area contributed by atoms with Crippen molar-refractivity contribution in [2.24, 2.45) is 7.05 Å². The summed E-state index contributed by atoms with van der Waals surface area (Å²) in [7, 11) is 1.98. The zero-order chi connectivity index (χ0) is 23.0. The van der Waals surface area contributed by atoms with E-state index in [-0.39, 0.29) is 11.2 Å². The molecule has 33 heavy (non-hydrogen) atoms. The van der Waals surface area contributed by atoms with Gasteiger partial charge in [-0.3, -0.25) is 19.5 Å². The van der Waals surface area contributed by atoms with E-state index < -0.39 is 0 Å². The molecule has 3 heterocycles. The predicted molar refractivity (Wildman–Crippen MR) is 131 cm³/mol. The van der Waals surface area contributed by atoms with Gasteiger partial charge in [-0.05, 0) is 38.1 Å². The molecular formula is C26H38N4O3. The Morgan fingerprint density at radius 3 is 2.18 bits per heavy atom. The standard InChI is InChI=1S/C26H38N4O3/c1-27-22(20-29-11-7-2-3-8-12-29)19-25(31)26(32)24(27)21-30-15-13-28(14-16-30)17-18-33-23-9-5-4-6-10-23/h4-6,9-10,19,32H,2-3,7-8,11-18,20-21H2,1H3. The van der Waals surface area contributed by atoms with Crippen molar-refractivity contribution in [1.29, 1.82) is 0 Å². The molecule has 0 amide bonds. The number of nitrogens with zero attached hydrogens (tertiary/aromatic N) is 4. The van der Waals surface area contributed by atoms with Crippen molar-refractivity contribution in [1.82, 2.24) is 19.3 Å². The largest absolute Gasteiger partial charge is 0.503 e. The van der Waals surface area contributed by atoms with Crippen LogP contribution in [0.3, 0.4) is 0 Å². The van der Waals surface area contributed by atoms with Crippen LogP contribution in [0.25, 0.3) is 0 Å². The lowest BCUT2D eigenvalue weighted by Crippen LogP contribution is -2.47. The first-order valence-electron chi connectivity index (χ1n) is 12.4. The Hall–Kier alpha value is -2.35. The minimum atomic E-state index is -0.260. The van der Waals surface area contributed by atoms with Gasteiger partial charge in [0.2, 0.25) is 5.43 Å². The van der Waals surface area contributed by atoms with Crippen molar-refractivity contribution in [3.8, 4) is 11.5 Å². The van der Waals surface area contributed by atoms with Gasteiger partial charge in [-0.15, -0.1) is 0 Å². The lowest BCUT2D eigenvalue weighted by Gasteiger charge is -2.35. The van der Waals surface area contributed by atoms with E-state index in [0.717, 1.165) is 69.5 Å². The van der Waals surface area contributed by atoms with Crippen LogP contribution in [0.2, 0.25) is 0 Å². The summed E-state index contributed by atoms with van der Waals surface area (Å²) in [6, 6.07) is 11.5. The molecular weight excluding hydrogens is 416 g/mol. The molecule has 0 bridgehead atoms. The van der Waals surface area contributed by atoms with Crippen LogP contribution in [0.4, 0.5) is 0 Å². The molecule has 2 aliphatic heterocycles. The third-order valence-electron chi connectivity index (χ3n) is 6.98. The molecule has 1 N–H and O–H groups in total. The smallest absolute Gasteiger partial charge is 0.223 e. The molecule has 0 atom stereocenters. The SMILES string of the molecule is Cn1c(CN2CCCCCC2)cc(=O)c(O)c1CN1CCN(CCOc2ccccc2)CC1. The van der Waals surface area contributed by atoms with Gasteiger partial charge >= 0.3 is 0 Å². The average molecular weight is 455 g/mol. The van der Waals surface area contributed by atoms with Gasteiger partial charge in [0.05, 0.1) is 5.69 Å². The zero-order valence-electron chi connectivity index (χ0n) is 19.9. The minimum Gasteiger partial charge on any atom is -0.503 e. The van der Waals surface area contributed by atoms with E-state index in [1.807, 2.05) is 41.9 Å². The van der Waals surface area contributed by atoms with Crippen LogP contribution < -0.4 is 10.2 Å². The van der Waals surface area contributed by atoms with E-state index in [1.54, 1.807) is 6.07 Å². The molecule has 0 spiro atoms. The fraction of sp³-hybridized carbons (Fsp3) is 0.577. The molecule has 1 aromatic heterocycles. The maximum absolute atomic E-state index is 12.5. The van der Waals surface area contributed by atoms with E-state index in [4.69, 9.17) is 4.74 Å². The van der Waals surface area contributed by atoms with Gasteiger partial charge in [-0.2, -0.15) is 0 Å². The Bertz CT molecular complexity index is 931. The highest BCUT2D eigenvalue weighted by Crippen LogP contribution is 2.19. The summed E-state index contributed by atoms with van der Waals surface area (Å²) in [4.78, 5) is 19.7. The van der Waals surface area contributed by atoms with Gasteiger partial charge in [-0.25, -0.2) is 0 Å². The number of para-hydroxylation sites is 1. The normalized spacial score (nSPS) is 18.8. The predicted octanol–water partition coefficient (Wildman–Crippen LogP) is 2.66. The Balaban J connectivity index is 1.31. The van der Waals surface area contributed by atoms with Gasteiger partial charge in [0.25, 0.3) is 0 Å². The number of benzene rings is 1. The molecule has 2 aromatic rings. The molecule has 1 aromatic carbocycles. The quantitative estimate of drug-likeness (QED) is 0.662. The van der Waals surface area contributed by atoms with Gasteiger partial charge in [0.1, 0.15) is 12.4 Å². The van der Waals surface area contributed by atoms with Crippen LogP contribution in [0, 0.1) is 0 Å². The first-order valence-corrected chi connectivity index (χ1v) is 12.4. The van der Waals surface area contributed by atoms with Crippen LogP contribution in [-0.2, 0) is 20.1 Å². The van der Waals surface area contributed by atoms with Crippen LogP contribution in [-0.4, -0.2) is 76.8 Å². The van der Waals surface area contributed by atoms with Crippen molar-refractivity contribution in [3.05, 3.63) is 58.0 Å². The highest BCUT2D eigenvalue weighted by molar-refractivity contribution is 5.30. The third kappa shape index (κ3) is 6.59. The molecule has 2 aliphatic rings. The first kappa shape index (κ1) is 23.8. The van der Waals surface area contributed by atoms with E-state index in [9.17, 15) is 9.90 Å². The van der Waals surface area contributed by atoms with E-state index in [2.05, 4.69) is 14.7 Å². The van der Waals surface area contributed by atoms with E-state index >= 15 is 0 Å². The Morgan fingerprint density at radius 1 is 0.848 bits per heavy atom. The first-order chi connectivity index (χ1) is 16.1. The Kier molecular flexibility index (Phi) is 8.42. The van der Waals surface area contributed by atoms with Gasteiger partial charge in [0, 0.05) is 64.6 Å². The number of hydrogen-bond acceptors (Lipinski definition) is 6. The summed E-state index contributed by atoms with van der Waals surface area (Å²) >= 11 is 0. The summed E-state index contributed by atoms with van der Waals surface area (Å²) in [5, 5.41) is 10.6. The van der Waals surface area contributed by atoms with Crippen molar-refractivity contribution >= 4 is 0 Å². The molecule has 0 radical (unpaired) electrons. The third-order valence-corrected chi connectivity index (χ3v) is 6.98. The molecule has 7 nitrogen and oxygen atoms in total. The average Bonchev–Trinajstić information content (AvgIpc) is 3.11. The number of ether oxygens (including phenoxy) is 1. The zero-order valence-corrected chi connectivity index (χ0v) is 19.9. The second-order valence-corrected chi connectivity index (χ2v) is 9.32. The monoisotopic (exact) mass is 454 g/mol. The molecule has 7 heteroatoms. The van der Waals surface area contributed by atoms with Crippen LogP contribution >= 0.6 is 0 Å². The van der Waals surface area contributed by atoms with Crippen molar-refractivity contribution in [3.63, 3.8) is 0 Å². The molecule has 0 unspecified atom stereocenters. The Morgan fingerprint density at radius 2 is 1.48 bits per heavy atom. The molecule has 0 saturated carbocycles. The van der Waals surface area contributed by atoms with Crippen LogP contribution in [0.1, 0.15) is 37.1 Å². The fourth-order valence-corrected chi connectivity index (χ4v) is 4.84. The number of piperazine rings is 1. The summed E-state index contributed by atoms with van der Waals surface area (Å²) < 4.78 is 7.87. The molecule has 180 valence electrons. The maximum atomic E-state index is 12.5. The number of aromatic hydroxyl groups is 1. The second-order valence-electron chi connectivity index (χ2n) is 9.32. The van der Waals surface area contributed by atoms with Crippen LogP contribution in [0.15, 0.2) is 41.2 Å².